The largest absolute Gasteiger partial charge is 0.356 e. The Hall–Kier alpha value is -2.21. The van der Waals surface area contributed by atoms with Gasteiger partial charge in [0.25, 0.3) is 0 Å². The van der Waals surface area contributed by atoms with Crippen LogP contribution in [-0.4, -0.2) is 41.1 Å². The Labute approximate surface area is 162 Å². The lowest BCUT2D eigenvalue weighted by Gasteiger charge is -2.16. The molecule has 0 bridgehead atoms. The third-order valence-electron chi connectivity index (χ3n) is 4.27. The summed E-state index contributed by atoms with van der Waals surface area (Å²) in [5, 5.41) is 6.99. The first-order valence-electron chi connectivity index (χ1n) is 9.67. The average Bonchev–Trinajstić information content (AvgIpc) is 3.09. The number of hydrogen-bond acceptors (Lipinski definition) is 5. The van der Waals surface area contributed by atoms with Crippen LogP contribution in [0.3, 0.4) is 0 Å². The van der Waals surface area contributed by atoms with Gasteiger partial charge in [-0.05, 0) is 32.0 Å². The Morgan fingerprint density at radius 1 is 1.19 bits per heavy atom. The summed E-state index contributed by atoms with van der Waals surface area (Å²) in [6.45, 7) is 8.72. The van der Waals surface area contributed by atoms with Crippen LogP contribution in [0.15, 0.2) is 34.9 Å². The topological polar surface area (TPSA) is 71.3 Å². The Morgan fingerprint density at radius 3 is 2.59 bits per heavy atom. The predicted molar refractivity (Wildman–Crippen MR) is 106 cm³/mol. The van der Waals surface area contributed by atoms with Gasteiger partial charge in [0.15, 0.2) is 5.82 Å². The van der Waals surface area contributed by atoms with E-state index in [2.05, 4.69) is 51.7 Å². The summed E-state index contributed by atoms with van der Waals surface area (Å²) in [6, 6.07) is 10.4. The first-order valence-corrected chi connectivity index (χ1v) is 9.67. The van der Waals surface area contributed by atoms with Gasteiger partial charge in [-0.25, -0.2) is 0 Å². The summed E-state index contributed by atoms with van der Waals surface area (Å²) < 4.78 is 5.25. The molecule has 0 aliphatic heterocycles. The van der Waals surface area contributed by atoms with Gasteiger partial charge in [0.1, 0.15) is 0 Å². The second-order valence-electron chi connectivity index (χ2n) is 8.04. The number of nitrogens with one attached hydrogen (secondary N) is 1. The highest BCUT2D eigenvalue weighted by Crippen LogP contribution is 2.18. The molecule has 0 fully saturated rings. The van der Waals surface area contributed by atoms with Crippen molar-refractivity contribution < 1.29 is 9.32 Å². The highest BCUT2D eigenvalue weighted by atomic mass is 16.5. The van der Waals surface area contributed by atoms with Gasteiger partial charge in [0, 0.05) is 31.3 Å². The highest BCUT2D eigenvalue weighted by molar-refractivity contribution is 5.75. The fraction of sp³-hybridized carbons (Fsp3) is 0.571. The van der Waals surface area contributed by atoms with Crippen LogP contribution in [0.2, 0.25) is 0 Å². The molecule has 1 heterocycles. The Kier molecular flexibility index (Phi) is 7.98. The SMILES string of the molecule is CN(CCCNC(=O)CCCc1nc(C(C)(C)C)no1)Cc1ccccc1. The van der Waals surface area contributed by atoms with Crippen molar-refractivity contribution in [3.05, 3.63) is 47.6 Å². The van der Waals surface area contributed by atoms with Crippen molar-refractivity contribution in [1.29, 1.82) is 0 Å². The Morgan fingerprint density at radius 2 is 1.93 bits per heavy atom. The van der Waals surface area contributed by atoms with Gasteiger partial charge in [0.05, 0.1) is 0 Å². The number of rotatable bonds is 10. The van der Waals surface area contributed by atoms with Crippen molar-refractivity contribution in [2.45, 2.75) is 58.4 Å². The highest BCUT2D eigenvalue weighted by Gasteiger charge is 2.20. The fourth-order valence-electron chi connectivity index (χ4n) is 2.70. The fourth-order valence-corrected chi connectivity index (χ4v) is 2.70. The van der Waals surface area contributed by atoms with Gasteiger partial charge in [-0.15, -0.1) is 0 Å². The van der Waals surface area contributed by atoms with Crippen LogP contribution >= 0.6 is 0 Å². The molecule has 1 amide bonds. The van der Waals surface area contributed by atoms with Crippen molar-refractivity contribution in [2.24, 2.45) is 0 Å². The number of carbonyl (C=O) groups excluding carboxylic acids is 1. The van der Waals surface area contributed by atoms with E-state index in [1.165, 1.54) is 5.56 Å². The molecule has 6 heteroatoms. The average molecular weight is 373 g/mol. The van der Waals surface area contributed by atoms with Crippen LogP contribution < -0.4 is 5.32 Å². The number of aryl methyl sites for hydroxylation is 1. The van der Waals surface area contributed by atoms with Gasteiger partial charge in [0.2, 0.25) is 11.8 Å². The van der Waals surface area contributed by atoms with Crippen molar-refractivity contribution in [3.8, 4) is 0 Å². The molecule has 0 saturated carbocycles. The van der Waals surface area contributed by atoms with E-state index in [1.54, 1.807) is 0 Å². The molecular formula is C21H32N4O2. The van der Waals surface area contributed by atoms with E-state index in [9.17, 15) is 4.79 Å². The minimum Gasteiger partial charge on any atom is -0.356 e. The van der Waals surface area contributed by atoms with E-state index in [4.69, 9.17) is 4.52 Å². The third kappa shape index (κ3) is 7.91. The quantitative estimate of drug-likeness (QED) is 0.648. The summed E-state index contributed by atoms with van der Waals surface area (Å²) in [5.74, 6) is 1.40. The normalized spacial score (nSPS) is 11.7. The summed E-state index contributed by atoms with van der Waals surface area (Å²) in [7, 11) is 2.10. The van der Waals surface area contributed by atoms with E-state index in [0.717, 1.165) is 19.5 Å². The molecule has 2 aromatic rings. The molecule has 0 unspecified atom stereocenters. The zero-order chi connectivity index (χ0) is 19.7. The Balaban J connectivity index is 1.55. The lowest BCUT2D eigenvalue weighted by molar-refractivity contribution is -0.121. The minimum absolute atomic E-state index is 0.0799. The van der Waals surface area contributed by atoms with Gasteiger partial charge in [-0.1, -0.05) is 56.3 Å². The van der Waals surface area contributed by atoms with Crippen LogP contribution in [0.25, 0.3) is 0 Å². The minimum atomic E-state index is -0.118. The van der Waals surface area contributed by atoms with Crippen molar-refractivity contribution in [2.75, 3.05) is 20.1 Å². The maximum Gasteiger partial charge on any atom is 0.226 e. The summed E-state index contributed by atoms with van der Waals surface area (Å²) in [4.78, 5) is 18.6. The van der Waals surface area contributed by atoms with Crippen LogP contribution in [0.5, 0.6) is 0 Å². The van der Waals surface area contributed by atoms with E-state index in [0.29, 0.717) is 37.5 Å². The molecule has 0 saturated heterocycles. The Bertz CT molecular complexity index is 692. The van der Waals surface area contributed by atoms with Gasteiger partial charge in [-0.2, -0.15) is 4.98 Å². The lowest BCUT2D eigenvalue weighted by atomic mass is 9.96. The van der Waals surface area contributed by atoms with E-state index in [-0.39, 0.29) is 11.3 Å². The molecule has 0 atom stereocenters. The van der Waals surface area contributed by atoms with E-state index >= 15 is 0 Å². The second kappa shape index (κ2) is 10.2. The molecule has 1 N–H and O–H groups in total. The van der Waals surface area contributed by atoms with Crippen molar-refractivity contribution in [1.82, 2.24) is 20.4 Å². The lowest BCUT2D eigenvalue weighted by Crippen LogP contribution is -2.28. The number of carbonyl (C=O) groups is 1. The molecule has 0 aliphatic carbocycles. The van der Waals surface area contributed by atoms with Crippen LogP contribution in [-0.2, 0) is 23.2 Å². The maximum absolute atomic E-state index is 11.9. The van der Waals surface area contributed by atoms with Crippen molar-refractivity contribution >= 4 is 5.91 Å². The third-order valence-corrected chi connectivity index (χ3v) is 4.27. The van der Waals surface area contributed by atoms with Crippen LogP contribution in [0, 0.1) is 0 Å². The standard InChI is InChI=1S/C21H32N4O2/c1-21(2,3)20-23-19(27-24-20)13-8-12-18(26)22-14-9-15-25(4)16-17-10-6-5-7-11-17/h5-7,10-11H,8-9,12-16H2,1-4H3,(H,22,26). The first kappa shape index (κ1) is 21.1. The molecule has 0 radical (unpaired) electrons. The molecule has 6 nitrogen and oxygen atoms in total. The number of aromatic nitrogens is 2. The molecule has 2 rings (SSSR count). The van der Waals surface area contributed by atoms with Crippen molar-refractivity contribution in [3.63, 3.8) is 0 Å². The number of nitrogens with zero attached hydrogens (tertiary/aromatic N) is 3. The molecule has 0 aliphatic rings. The predicted octanol–water partition coefficient (Wildman–Crippen LogP) is 3.33. The summed E-state index contributed by atoms with van der Waals surface area (Å²) in [6.07, 6.45) is 2.77. The monoisotopic (exact) mass is 372 g/mol. The van der Waals surface area contributed by atoms with Gasteiger partial charge < -0.3 is 14.7 Å². The number of benzene rings is 1. The van der Waals surface area contributed by atoms with E-state index in [1.807, 2.05) is 26.8 Å². The van der Waals surface area contributed by atoms with Gasteiger partial charge >= 0.3 is 0 Å². The summed E-state index contributed by atoms with van der Waals surface area (Å²) >= 11 is 0. The zero-order valence-corrected chi connectivity index (χ0v) is 17.0. The van der Waals surface area contributed by atoms with Crippen LogP contribution in [0.1, 0.15) is 57.3 Å². The zero-order valence-electron chi connectivity index (χ0n) is 17.0. The molecule has 0 spiro atoms. The van der Waals surface area contributed by atoms with E-state index < -0.39 is 0 Å². The second-order valence-corrected chi connectivity index (χ2v) is 8.04. The maximum atomic E-state index is 11.9. The van der Waals surface area contributed by atoms with Crippen LogP contribution in [0.4, 0.5) is 0 Å². The van der Waals surface area contributed by atoms with Gasteiger partial charge in [-0.3, -0.25) is 4.79 Å². The smallest absolute Gasteiger partial charge is 0.226 e. The summed E-state index contributed by atoms with van der Waals surface area (Å²) in [5.41, 5.74) is 1.19. The molecular weight excluding hydrogens is 340 g/mol. The number of hydrogen-bond donors (Lipinski definition) is 1. The molecule has 148 valence electrons. The molecule has 27 heavy (non-hydrogen) atoms. The number of amides is 1. The first-order chi connectivity index (χ1) is 12.8. The molecule has 1 aromatic heterocycles. The molecule has 1 aromatic carbocycles.